The molecule has 1 aliphatic heterocycles. The Balaban J connectivity index is 2.26. The summed E-state index contributed by atoms with van der Waals surface area (Å²) in [5.41, 5.74) is 1.56. The summed E-state index contributed by atoms with van der Waals surface area (Å²) in [6.45, 7) is 5.26. The minimum Gasteiger partial charge on any atom is -0.237 e. The lowest BCUT2D eigenvalue weighted by atomic mass is 10.2. The molecule has 1 heterocycles. The van der Waals surface area contributed by atoms with Crippen LogP contribution in [-0.2, 0) is 11.0 Å². The minimum atomic E-state index is -1.27. The standard InChI is InChI=1S/C12H11ClN2OS/c1-9-4-5-15(8-9)17(16)12-3-2-10(7-14)6-11(12)13/h2-3,6H,1,4-5,8H2. The second kappa shape index (κ2) is 5.01. The third-order valence-electron chi connectivity index (χ3n) is 2.60. The number of rotatable bonds is 2. The molecule has 0 aliphatic carbocycles. The van der Waals surface area contributed by atoms with Crippen molar-refractivity contribution in [2.45, 2.75) is 11.3 Å². The van der Waals surface area contributed by atoms with Crippen molar-refractivity contribution >= 4 is 22.6 Å². The van der Waals surface area contributed by atoms with Crippen molar-refractivity contribution in [2.24, 2.45) is 0 Å². The fourth-order valence-electron chi connectivity index (χ4n) is 1.68. The Morgan fingerprint density at radius 1 is 1.53 bits per heavy atom. The Bertz CT molecular complexity index is 536. The van der Waals surface area contributed by atoms with Crippen LogP contribution in [0.1, 0.15) is 12.0 Å². The van der Waals surface area contributed by atoms with Crippen molar-refractivity contribution in [1.82, 2.24) is 4.31 Å². The number of hydrogen-bond acceptors (Lipinski definition) is 2. The minimum absolute atomic E-state index is 0.375. The summed E-state index contributed by atoms with van der Waals surface area (Å²) in [6, 6.07) is 6.82. The lowest BCUT2D eigenvalue weighted by molar-refractivity contribution is 0.542. The average molecular weight is 267 g/mol. The number of nitrogens with zero attached hydrogens (tertiary/aromatic N) is 2. The van der Waals surface area contributed by atoms with Crippen molar-refractivity contribution < 1.29 is 4.21 Å². The first-order valence-electron chi connectivity index (χ1n) is 5.15. The molecule has 2 rings (SSSR count). The Morgan fingerprint density at radius 2 is 2.29 bits per heavy atom. The van der Waals surface area contributed by atoms with Crippen molar-refractivity contribution in [3.05, 3.63) is 40.9 Å². The molecule has 0 spiro atoms. The van der Waals surface area contributed by atoms with Gasteiger partial charge in [0.15, 0.2) is 0 Å². The normalized spacial score (nSPS) is 18.0. The number of halogens is 1. The van der Waals surface area contributed by atoms with Crippen LogP contribution in [0.5, 0.6) is 0 Å². The van der Waals surface area contributed by atoms with E-state index in [0.717, 1.165) is 18.5 Å². The van der Waals surface area contributed by atoms with Crippen molar-refractivity contribution in [1.29, 1.82) is 5.26 Å². The van der Waals surface area contributed by atoms with E-state index in [1.807, 2.05) is 10.4 Å². The zero-order valence-corrected chi connectivity index (χ0v) is 10.7. The van der Waals surface area contributed by atoms with Crippen LogP contribution in [-0.4, -0.2) is 21.6 Å². The molecule has 88 valence electrons. The zero-order chi connectivity index (χ0) is 12.4. The summed E-state index contributed by atoms with van der Waals surface area (Å²) in [5.74, 6) is 0. The summed E-state index contributed by atoms with van der Waals surface area (Å²) < 4.78 is 14.1. The molecular weight excluding hydrogens is 256 g/mol. The van der Waals surface area contributed by atoms with Crippen LogP contribution in [0.15, 0.2) is 35.2 Å². The Kier molecular flexibility index (Phi) is 3.63. The molecule has 5 heteroatoms. The van der Waals surface area contributed by atoms with Gasteiger partial charge in [-0.25, -0.2) is 8.51 Å². The molecule has 1 saturated heterocycles. The Labute approximate surface area is 108 Å². The summed E-state index contributed by atoms with van der Waals surface area (Å²) in [7, 11) is -1.27. The molecule has 0 N–H and O–H groups in total. The van der Waals surface area contributed by atoms with Gasteiger partial charge in [-0.2, -0.15) is 5.26 Å². The molecule has 1 unspecified atom stereocenters. The lowest BCUT2D eigenvalue weighted by Crippen LogP contribution is -2.22. The van der Waals surface area contributed by atoms with E-state index < -0.39 is 11.0 Å². The Hall–Kier alpha value is -1.15. The zero-order valence-electron chi connectivity index (χ0n) is 9.15. The second-order valence-corrected chi connectivity index (χ2v) is 5.73. The number of benzene rings is 1. The summed E-state index contributed by atoms with van der Waals surface area (Å²) in [5, 5.41) is 9.11. The molecule has 0 amide bonds. The second-order valence-electron chi connectivity index (χ2n) is 3.87. The highest BCUT2D eigenvalue weighted by Gasteiger charge is 2.23. The fraction of sp³-hybridized carbons (Fsp3) is 0.250. The van der Waals surface area contributed by atoms with E-state index in [-0.39, 0.29) is 0 Å². The predicted molar refractivity (Wildman–Crippen MR) is 67.9 cm³/mol. The highest BCUT2D eigenvalue weighted by molar-refractivity contribution is 7.82. The van der Waals surface area contributed by atoms with Crippen LogP contribution in [0.25, 0.3) is 0 Å². The SMILES string of the molecule is C=C1CCN(S(=O)c2ccc(C#N)cc2Cl)C1. The van der Waals surface area contributed by atoms with Gasteiger partial charge in [0.1, 0.15) is 11.0 Å². The maximum Gasteiger partial charge on any atom is 0.129 e. The first-order valence-corrected chi connectivity index (χ1v) is 6.63. The Morgan fingerprint density at radius 3 is 2.82 bits per heavy atom. The highest BCUT2D eigenvalue weighted by atomic mass is 35.5. The van der Waals surface area contributed by atoms with Gasteiger partial charge in [-0.1, -0.05) is 23.8 Å². The van der Waals surface area contributed by atoms with Crippen molar-refractivity contribution in [3.63, 3.8) is 0 Å². The van der Waals surface area contributed by atoms with Gasteiger partial charge in [0, 0.05) is 13.1 Å². The van der Waals surface area contributed by atoms with E-state index in [0.29, 0.717) is 22.0 Å². The number of hydrogen-bond donors (Lipinski definition) is 0. The monoisotopic (exact) mass is 266 g/mol. The quantitative estimate of drug-likeness (QED) is 0.772. The van der Waals surface area contributed by atoms with E-state index in [2.05, 4.69) is 6.58 Å². The first kappa shape index (κ1) is 12.3. The molecule has 1 atom stereocenters. The van der Waals surface area contributed by atoms with Crippen LogP contribution >= 0.6 is 11.6 Å². The van der Waals surface area contributed by atoms with Crippen LogP contribution in [0.2, 0.25) is 5.02 Å². The van der Waals surface area contributed by atoms with Gasteiger partial charge in [-0.3, -0.25) is 0 Å². The molecule has 3 nitrogen and oxygen atoms in total. The molecule has 17 heavy (non-hydrogen) atoms. The van der Waals surface area contributed by atoms with Crippen LogP contribution < -0.4 is 0 Å². The van der Waals surface area contributed by atoms with E-state index in [1.54, 1.807) is 18.2 Å². The summed E-state index contributed by atoms with van der Waals surface area (Å²) in [6.07, 6.45) is 0.875. The molecule has 1 aliphatic rings. The van der Waals surface area contributed by atoms with Gasteiger partial charge < -0.3 is 0 Å². The third-order valence-corrected chi connectivity index (χ3v) is 4.54. The van der Waals surface area contributed by atoms with Crippen LogP contribution in [0, 0.1) is 11.3 Å². The molecule has 1 aromatic carbocycles. The van der Waals surface area contributed by atoms with Gasteiger partial charge >= 0.3 is 0 Å². The van der Waals surface area contributed by atoms with Crippen molar-refractivity contribution in [3.8, 4) is 6.07 Å². The van der Waals surface area contributed by atoms with E-state index in [9.17, 15) is 4.21 Å². The molecule has 0 radical (unpaired) electrons. The highest BCUT2D eigenvalue weighted by Crippen LogP contribution is 2.26. The van der Waals surface area contributed by atoms with E-state index in [1.165, 1.54) is 0 Å². The van der Waals surface area contributed by atoms with Gasteiger partial charge in [-0.05, 0) is 24.6 Å². The van der Waals surface area contributed by atoms with E-state index in [4.69, 9.17) is 16.9 Å². The summed E-state index contributed by atoms with van der Waals surface area (Å²) >= 11 is 6.02. The molecule has 0 saturated carbocycles. The van der Waals surface area contributed by atoms with Gasteiger partial charge in [0.2, 0.25) is 0 Å². The maximum atomic E-state index is 12.2. The summed E-state index contributed by atoms with van der Waals surface area (Å²) in [4.78, 5) is 0.556. The molecule has 0 aromatic heterocycles. The third kappa shape index (κ3) is 2.58. The van der Waals surface area contributed by atoms with E-state index >= 15 is 0 Å². The molecule has 1 aromatic rings. The number of nitriles is 1. The maximum absolute atomic E-state index is 12.2. The lowest BCUT2D eigenvalue weighted by Gasteiger charge is -2.14. The topological polar surface area (TPSA) is 44.1 Å². The van der Waals surface area contributed by atoms with Crippen molar-refractivity contribution in [2.75, 3.05) is 13.1 Å². The first-order chi connectivity index (χ1) is 8.11. The smallest absolute Gasteiger partial charge is 0.129 e. The largest absolute Gasteiger partial charge is 0.237 e. The van der Waals surface area contributed by atoms with Gasteiger partial charge in [0.25, 0.3) is 0 Å². The van der Waals surface area contributed by atoms with Crippen LogP contribution in [0.4, 0.5) is 0 Å². The van der Waals surface area contributed by atoms with Gasteiger partial charge in [-0.15, -0.1) is 0 Å². The molecule has 1 fully saturated rings. The molecule has 0 bridgehead atoms. The predicted octanol–water partition coefficient (Wildman–Crippen LogP) is 2.50. The van der Waals surface area contributed by atoms with Crippen LogP contribution in [0.3, 0.4) is 0 Å². The average Bonchev–Trinajstić information content (AvgIpc) is 2.75. The van der Waals surface area contributed by atoms with Gasteiger partial charge in [0.05, 0.1) is 21.6 Å². The molecular formula is C12H11ClN2OS. The fourth-order valence-corrected chi connectivity index (χ4v) is 3.31.